The smallest absolute Gasteiger partial charge is 0.286 e. The molecule has 2 amide bonds. The van der Waals surface area contributed by atoms with Crippen molar-refractivity contribution < 1.29 is 9.59 Å². The van der Waals surface area contributed by atoms with E-state index in [4.69, 9.17) is 0 Å². The first kappa shape index (κ1) is 20.2. The lowest BCUT2D eigenvalue weighted by molar-refractivity contribution is 0.0841. The van der Waals surface area contributed by atoms with Gasteiger partial charge in [0.05, 0.1) is 11.0 Å². The van der Waals surface area contributed by atoms with Crippen LogP contribution in [0.15, 0.2) is 70.4 Å². The van der Waals surface area contributed by atoms with Crippen LogP contribution in [0.2, 0.25) is 0 Å². The maximum atomic E-state index is 12.7. The summed E-state index contributed by atoms with van der Waals surface area (Å²) in [6.45, 7) is 0. The number of nitrogens with zero attached hydrogens (tertiary/aromatic N) is 2. The quantitative estimate of drug-likeness (QED) is 0.295. The van der Waals surface area contributed by atoms with Crippen molar-refractivity contribution in [1.29, 1.82) is 0 Å². The fraction of sp³-hybridized carbons (Fsp3) is 0.0952. The molecule has 0 radical (unpaired) electrons. The Hall–Kier alpha value is -3.04. The van der Waals surface area contributed by atoms with E-state index in [0.29, 0.717) is 17.0 Å². The largest absolute Gasteiger partial charge is 0.345 e. The van der Waals surface area contributed by atoms with Crippen LogP contribution in [0.5, 0.6) is 0 Å². The molecule has 0 atom stereocenters. The second-order valence-corrected chi connectivity index (χ2v) is 8.45. The monoisotopic (exact) mass is 483 g/mol. The third-order valence-corrected chi connectivity index (χ3v) is 5.84. The summed E-state index contributed by atoms with van der Waals surface area (Å²) in [5.41, 5.74) is 8.60. The zero-order chi connectivity index (χ0) is 21.1. The number of rotatable bonds is 5. The second kappa shape index (κ2) is 8.76. The molecule has 152 valence electrons. The summed E-state index contributed by atoms with van der Waals surface area (Å²) in [4.78, 5) is 32.8. The van der Waals surface area contributed by atoms with E-state index in [-0.39, 0.29) is 5.91 Å². The van der Waals surface area contributed by atoms with Crippen molar-refractivity contribution >= 4 is 50.5 Å². The van der Waals surface area contributed by atoms with E-state index in [1.165, 1.54) is 11.8 Å². The lowest BCUT2D eigenvalue weighted by Crippen LogP contribution is -2.42. The third kappa shape index (κ3) is 4.42. The molecule has 7 nitrogen and oxygen atoms in total. The molecule has 2 aromatic carbocycles. The maximum absolute atomic E-state index is 12.7. The van der Waals surface area contributed by atoms with Crippen molar-refractivity contribution in [2.75, 3.05) is 0 Å². The number of aryl methyl sites for hydroxylation is 1. The summed E-state index contributed by atoms with van der Waals surface area (Å²) >= 11 is 4.84. The van der Waals surface area contributed by atoms with Gasteiger partial charge in [0.25, 0.3) is 11.8 Å². The number of fused-ring (bicyclic) bond motifs is 1. The number of thioether (sulfide) groups is 1. The second-order valence-electron chi connectivity index (χ2n) is 6.57. The number of amides is 2. The molecule has 2 aromatic heterocycles. The Labute approximate surface area is 185 Å². The molecule has 3 N–H and O–H groups in total. The standard InChI is InChI=1S/C21H18BrN5O2S/c1-27-11-14(22)10-18(27)20(29)26-25-19(28)15-7-3-2-6-13(15)12-30-21-23-16-8-4-5-9-17(16)24-21/h2-11H,12H2,1H3,(H,23,24)(H,25,28)(H,26,29). The molecule has 0 saturated heterocycles. The first-order valence-corrected chi connectivity index (χ1v) is 10.9. The van der Waals surface area contributed by atoms with Gasteiger partial charge in [0, 0.05) is 29.0 Å². The third-order valence-electron chi connectivity index (χ3n) is 4.49. The number of aromatic nitrogens is 3. The van der Waals surface area contributed by atoms with Crippen LogP contribution in [0.4, 0.5) is 0 Å². The number of carbonyl (C=O) groups excluding carboxylic acids is 2. The number of halogens is 1. The van der Waals surface area contributed by atoms with Gasteiger partial charge in [-0.05, 0) is 45.8 Å². The number of hydrogen-bond donors (Lipinski definition) is 3. The van der Waals surface area contributed by atoms with E-state index >= 15 is 0 Å². The predicted molar refractivity (Wildman–Crippen MR) is 120 cm³/mol. The van der Waals surface area contributed by atoms with Crippen molar-refractivity contribution in [3.8, 4) is 0 Å². The molecular weight excluding hydrogens is 466 g/mol. The van der Waals surface area contributed by atoms with Gasteiger partial charge >= 0.3 is 0 Å². The predicted octanol–water partition coefficient (Wildman–Crippen LogP) is 4.03. The minimum Gasteiger partial charge on any atom is -0.345 e. The van der Waals surface area contributed by atoms with E-state index in [0.717, 1.165) is 26.2 Å². The number of carbonyl (C=O) groups is 2. The minimum absolute atomic E-state index is 0.377. The zero-order valence-corrected chi connectivity index (χ0v) is 18.4. The Morgan fingerprint density at radius 2 is 1.83 bits per heavy atom. The van der Waals surface area contributed by atoms with Gasteiger partial charge in [-0.1, -0.05) is 42.1 Å². The highest BCUT2D eigenvalue weighted by Crippen LogP contribution is 2.24. The molecule has 2 heterocycles. The van der Waals surface area contributed by atoms with Crippen molar-refractivity contribution in [3.05, 3.63) is 82.1 Å². The number of benzene rings is 2. The van der Waals surface area contributed by atoms with Crippen LogP contribution in [0, 0.1) is 0 Å². The summed E-state index contributed by atoms with van der Waals surface area (Å²) in [6.07, 6.45) is 1.77. The summed E-state index contributed by atoms with van der Waals surface area (Å²) < 4.78 is 2.46. The zero-order valence-electron chi connectivity index (χ0n) is 16.0. The number of aromatic amines is 1. The molecule has 0 fully saturated rings. The molecule has 4 rings (SSSR count). The van der Waals surface area contributed by atoms with Crippen molar-refractivity contribution in [2.24, 2.45) is 7.05 Å². The average molecular weight is 484 g/mol. The van der Waals surface area contributed by atoms with Gasteiger partial charge < -0.3 is 9.55 Å². The molecule has 9 heteroatoms. The van der Waals surface area contributed by atoms with Crippen molar-refractivity contribution in [3.63, 3.8) is 0 Å². The summed E-state index contributed by atoms with van der Waals surface area (Å²) in [6, 6.07) is 16.8. The Morgan fingerprint density at radius 3 is 2.60 bits per heavy atom. The molecule has 0 aliphatic rings. The summed E-state index contributed by atoms with van der Waals surface area (Å²) in [7, 11) is 1.76. The molecule has 0 saturated carbocycles. The van der Waals surface area contributed by atoms with E-state index in [1.807, 2.05) is 36.4 Å². The van der Waals surface area contributed by atoms with Crippen LogP contribution in [0.25, 0.3) is 11.0 Å². The van der Waals surface area contributed by atoms with Gasteiger partial charge in [0.15, 0.2) is 5.16 Å². The SMILES string of the molecule is Cn1cc(Br)cc1C(=O)NNC(=O)c1ccccc1CSc1nc2ccccc2[nH]1. The number of para-hydroxylation sites is 2. The van der Waals surface area contributed by atoms with Gasteiger partial charge in [-0.15, -0.1) is 0 Å². The number of hydrogen-bond acceptors (Lipinski definition) is 4. The van der Waals surface area contributed by atoms with Crippen molar-refractivity contribution in [2.45, 2.75) is 10.9 Å². The Balaban J connectivity index is 1.42. The van der Waals surface area contributed by atoms with E-state index < -0.39 is 5.91 Å². The highest BCUT2D eigenvalue weighted by molar-refractivity contribution is 9.10. The fourth-order valence-corrected chi connectivity index (χ4v) is 4.42. The van der Waals surface area contributed by atoms with Crippen LogP contribution in [0.1, 0.15) is 26.4 Å². The highest BCUT2D eigenvalue weighted by atomic mass is 79.9. The van der Waals surface area contributed by atoms with Crippen LogP contribution in [-0.2, 0) is 12.8 Å². The average Bonchev–Trinajstić information content (AvgIpc) is 3.32. The Bertz CT molecular complexity index is 1200. The topological polar surface area (TPSA) is 91.8 Å². The summed E-state index contributed by atoms with van der Waals surface area (Å²) in [5.74, 6) is -0.217. The lowest BCUT2D eigenvalue weighted by Gasteiger charge is -2.11. The molecule has 4 aromatic rings. The number of nitrogens with one attached hydrogen (secondary N) is 3. The normalized spacial score (nSPS) is 10.9. The molecule has 0 unspecified atom stereocenters. The summed E-state index contributed by atoms with van der Waals surface area (Å²) in [5, 5.41) is 0.786. The van der Waals surface area contributed by atoms with Gasteiger partial charge in [-0.25, -0.2) is 4.98 Å². The molecule has 0 aliphatic heterocycles. The number of hydrazine groups is 1. The van der Waals surface area contributed by atoms with Gasteiger partial charge in [0.2, 0.25) is 0 Å². The molecule has 30 heavy (non-hydrogen) atoms. The van der Waals surface area contributed by atoms with Crippen LogP contribution >= 0.6 is 27.7 Å². The Kier molecular flexibility index (Phi) is 5.91. The number of H-pyrrole nitrogens is 1. The number of imidazole rings is 1. The fourth-order valence-electron chi connectivity index (χ4n) is 3.01. The molecular formula is C21H18BrN5O2S. The molecule has 0 spiro atoms. The van der Waals surface area contributed by atoms with E-state index in [1.54, 1.807) is 36.0 Å². The minimum atomic E-state index is -0.398. The highest BCUT2D eigenvalue weighted by Gasteiger charge is 2.15. The van der Waals surface area contributed by atoms with Crippen LogP contribution in [0.3, 0.4) is 0 Å². The first-order chi connectivity index (χ1) is 14.5. The van der Waals surface area contributed by atoms with Crippen LogP contribution in [-0.4, -0.2) is 26.3 Å². The van der Waals surface area contributed by atoms with Crippen LogP contribution < -0.4 is 10.9 Å². The lowest BCUT2D eigenvalue weighted by atomic mass is 10.1. The van der Waals surface area contributed by atoms with Gasteiger partial charge in [-0.2, -0.15) is 0 Å². The van der Waals surface area contributed by atoms with E-state index in [2.05, 4.69) is 36.7 Å². The molecule has 0 bridgehead atoms. The Morgan fingerprint density at radius 1 is 1.10 bits per heavy atom. The van der Waals surface area contributed by atoms with Crippen molar-refractivity contribution in [1.82, 2.24) is 25.4 Å². The van der Waals surface area contributed by atoms with Gasteiger partial charge in [-0.3, -0.25) is 20.4 Å². The van der Waals surface area contributed by atoms with Gasteiger partial charge in [0.1, 0.15) is 5.69 Å². The van der Waals surface area contributed by atoms with E-state index in [9.17, 15) is 9.59 Å². The molecule has 0 aliphatic carbocycles. The first-order valence-electron chi connectivity index (χ1n) is 9.09. The maximum Gasteiger partial charge on any atom is 0.286 e.